The molecule has 0 aliphatic carbocycles. The number of hydrogen-bond acceptors (Lipinski definition) is 6. The number of aliphatic carboxylic acids is 1. The summed E-state index contributed by atoms with van der Waals surface area (Å²) < 4.78 is 0. The van der Waals surface area contributed by atoms with Crippen LogP contribution in [0.3, 0.4) is 0 Å². The summed E-state index contributed by atoms with van der Waals surface area (Å²) in [6.45, 7) is 4.69. The van der Waals surface area contributed by atoms with Gasteiger partial charge in [-0.1, -0.05) is 20.3 Å². The molecule has 0 aromatic carbocycles. The molecule has 25 heavy (non-hydrogen) atoms. The van der Waals surface area contributed by atoms with E-state index in [0.29, 0.717) is 38.8 Å². The molecule has 1 aliphatic heterocycles. The molecule has 6 N–H and O–H groups in total. The summed E-state index contributed by atoms with van der Waals surface area (Å²) in [6, 6.07) is -1.43. The van der Waals surface area contributed by atoms with Crippen LogP contribution in [-0.4, -0.2) is 70.3 Å². The number of rotatable bonds is 7. The monoisotopic (exact) mass is 357 g/mol. The lowest BCUT2D eigenvalue weighted by Crippen LogP contribution is -2.54. The molecule has 1 fully saturated rings. The summed E-state index contributed by atoms with van der Waals surface area (Å²) in [5.41, 5.74) is 6.05. The Morgan fingerprint density at radius 3 is 2.56 bits per heavy atom. The zero-order valence-corrected chi connectivity index (χ0v) is 15.2. The second-order valence-electron chi connectivity index (χ2n) is 7.16. The Hall–Kier alpha value is -1.16. The van der Waals surface area contributed by atoms with Crippen molar-refractivity contribution >= 4 is 19.0 Å². The molecular weight excluding hydrogens is 325 g/mol. The normalized spacial score (nSPS) is 23.5. The molecule has 0 aromatic heterocycles. The third kappa shape index (κ3) is 7.31. The number of carbonyl (C=O) groups excluding carboxylic acids is 1. The number of nitrogens with zero attached hydrogens (tertiary/aromatic N) is 1. The summed E-state index contributed by atoms with van der Waals surface area (Å²) >= 11 is 0. The van der Waals surface area contributed by atoms with Crippen LogP contribution in [0.15, 0.2) is 0 Å². The zero-order valence-electron chi connectivity index (χ0n) is 15.2. The minimum atomic E-state index is -1.38. The fourth-order valence-corrected chi connectivity index (χ4v) is 3.08. The van der Waals surface area contributed by atoms with E-state index in [1.165, 1.54) is 0 Å². The van der Waals surface area contributed by atoms with E-state index in [2.05, 4.69) is 5.32 Å². The highest BCUT2D eigenvalue weighted by atomic mass is 16.4. The van der Waals surface area contributed by atoms with Gasteiger partial charge in [-0.3, -0.25) is 9.59 Å². The van der Waals surface area contributed by atoms with Crippen molar-refractivity contribution in [2.45, 2.75) is 70.4 Å². The number of carbonyl (C=O) groups is 2. The quantitative estimate of drug-likeness (QED) is 0.393. The van der Waals surface area contributed by atoms with Gasteiger partial charge in [0.15, 0.2) is 0 Å². The van der Waals surface area contributed by atoms with Crippen LogP contribution in [0.1, 0.15) is 46.0 Å². The molecule has 0 radical (unpaired) electrons. The Balaban J connectivity index is 2.88. The highest BCUT2D eigenvalue weighted by Gasteiger charge is 2.31. The van der Waals surface area contributed by atoms with Gasteiger partial charge >= 0.3 is 13.1 Å². The largest absolute Gasteiger partial charge is 0.480 e. The first-order valence-electron chi connectivity index (χ1n) is 9.12. The van der Waals surface area contributed by atoms with Gasteiger partial charge in [0.05, 0.1) is 6.04 Å². The molecule has 144 valence electrons. The highest BCUT2D eigenvalue weighted by molar-refractivity contribution is 6.40. The van der Waals surface area contributed by atoms with Crippen molar-refractivity contribution < 1.29 is 24.7 Å². The van der Waals surface area contributed by atoms with Crippen molar-refractivity contribution in [3.05, 3.63) is 0 Å². The predicted octanol–water partition coefficient (Wildman–Crippen LogP) is -0.353. The van der Waals surface area contributed by atoms with Crippen LogP contribution >= 0.6 is 0 Å². The van der Waals surface area contributed by atoms with Gasteiger partial charge in [-0.2, -0.15) is 0 Å². The molecular formula is C16H32BN3O5. The molecule has 1 aliphatic rings. The Bertz CT molecular complexity index is 436. The predicted molar refractivity (Wildman–Crippen MR) is 95.8 cm³/mol. The number of amides is 1. The van der Waals surface area contributed by atoms with E-state index < -0.39 is 25.2 Å². The number of hydrogen-bond donors (Lipinski definition) is 5. The number of carboxylic acids is 1. The molecule has 3 atom stereocenters. The van der Waals surface area contributed by atoms with Crippen molar-refractivity contribution in [3.63, 3.8) is 0 Å². The second-order valence-corrected chi connectivity index (χ2v) is 7.16. The maximum absolute atomic E-state index is 12.8. The fourth-order valence-electron chi connectivity index (χ4n) is 3.08. The maximum Gasteiger partial charge on any atom is 0.451 e. The van der Waals surface area contributed by atoms with Crippen LogP contribution < -0.4 is 11.1 Å². The Morgan fingerprint density at radius 1 is 1.32 bits per heavy atom. The van der Waals surface area contributed by atoms with Crippen LogP contribution in [-0.2, 0) is 9.59 Å². The van der Waals surface area contributed by atoms with E-state index in [9.17, 15) is 14.7 Å². The van der Waals surface area contributed by atoms with Crippen LogP contribution in [0.2, 0.25) is 6.32 Å². The van der Waals surface area contributed by atoms with Crippen molar-refractivity contribution in [2.24, 2.45) is 11.7 Å². The maximum atomic E-state index is 12.8. The smallest absolute Gasteiger partial charge is 0.451 e. The first-order chi connectivity index (χ1) is 11.7. The summed E-state index contributed by atoms with van der Waals surface area (Å²) in [6.07, 6.45) is 3.27. The average Bonchev–Trinajstić information content (AvgIpc) is 2.63. The molecule has 1 heterocycles. The highest BCUT2D eigenvalue weighted by Crippen LogP contribution is 2.17. The number of nitrogens with one attached hydrogen (secondary N) is 1. The second kappa shape index (κ2) is 10.8. The van der Waals surface area contributed by atoms with Crippen molar-refractivity contribution in [2.75, 3.05) is 13.1 Å². The minimum Gasteiger partial charge on any atom is -0.480 e. The first kappa shape index (κ1) is 21.9. The Kier molecular flexibility index (Phi) is 9.41. The Labute approximate surface area is 149 Å². The molecule has 8 nitrogen and oxygen atoms in total. The first-order valence-corrected chi connectivity index (χ1v) is 9.12. The van der Waals surface area contributed by atoms with Crippen molar-refractivity contribution in [3.8, 4) is 0 Å². The molecule has 0 aromatic rings. The third-order valence-electron chi connectivity index (χ3n) is 4.77. The molecule has 0 spiro atoms. The molecule has 9 heteroatoms. The lowest BCUT2D eigenvalue weighted by Gasteiger charge is -2.34. The van der Waals surface area contributed by atoms with Crippen LogP contribution in [0, 0.1) is 5.92 Å². The number of carboxylic acid groups (broad SMARTS) is 1. The van der Waals surface area contributed by atoms with Gasteiger partial charge in [0.2, 0.25) is 5.91 Å². The third-order valence-corrected chi connectivity index (χ3v) is 4.77. The Morgan fingerprint density at radius 2 is 2.00 bits per heavy atom. The van der Waals surface area contributed by atoms with Gasteiger partial charge in [-0.05, 0) is 37.9 Å². The SMILES string of the molecule is CC(C)[C@H](N)C(=O)N1CCCC[C@@H](C(=O)O)NC[C@H]1CCCB(O)O. The van der Waals surface area contributed by atoms with E-state index in [1.54, 1.807) is 4.90 Å². The fraction of sp³-hybridized carbons (Fsp3) is 0.875. The molecule has 1 amide bonds. The number of nitrogens with two attached hydrogens (primary N) is 1. The summed E-state index contributed by atoms with van der Waals surface area (Å²) in [5.74, 6) is -0.997. The summed E-state index contributed by atoms with van der Waals surface area (Å²) in [4.78, 5) is 25.9. The molecule has 0 unspecified atom stereocenters. The van der Waals surface area contributed by atoms with Gasteiger partial charge in [0, 0.05) is 19.1 Å². The van der Waals surface area contributed by atoms with E-state index in [-0.39, 0.29) is 24.2 Å². The summed E-state index contributed by atoms with van der Waals surface area (Å²) in [5, 5.41) is 30.4. The standard InChI is InChI=1S/C16H32BN3O5/c1-11(2)14(18)15(21)20-9-4-3-7-13(16(22)23)19-10-12(20)6-5-8-17(24)25/h11-14,19,24-25H,3-10,18H2,1-2H3,(H,22,23)/t12-,13+,14+/m1/s1. The van der Waals surface area contributed by atoms with Crippen molar-refractivity contribution in [1.82, 2.24) is 10.2 Å². The lowest BCUT2D eigenvalue weighted by atomic mass is 9.83. The van der Waals surface area contributed by atoms with Crippen molar-refractivity contribution in [1.29, 1.82) is 0 Å². The van der Waals surface area contributed by atoms with E-state index in [1.807, 2.05) is 13.8 Å². The minimum absolute atomic E-state index is 0.0137. The average molecular weight is 357 g/mol. The van der Waals surface area contributed by atoms with Gasteiger partial charge < -0.3 is 31.1 Å². The van der Waals surface area contributed by atoms with Crippen LogP contribution in [0.4, 0.5) is 0 Å². The molecule has 1 rings (SSSR count). The van der Waals surface area contributed by atoms with Gasteiger partial charge in [0.1, 0.15) is 6.04 Å². The van der Waals surface area contributed by atoms with E-state index in [4.69, 9.17) is 15.8 Å². The van der Waals surface area contributed by atoms with Crippen LogP contribution in [0.5, 0.6) is 0 Å². The van der Waals surface area contributed by atoms with Gasteiger partial charge in [0.25, 0.3) is 0 Å². The topological polar surface area (TPSA) is 136 Å². The lowest BCUT2D eigenvalue weighted by molar-refractivity contribution is -0.139. The van der Waals surface area contributed by atoms with Gasteiger partial charge in [-0.25, -0.2) is 0 Å². The van der Waals surface area contributed by atoms with Crippen LogP contribution in [0.25, 0.3) is 0 Å². The molecule has 0 bridgehead atoms. The van der Waals surface area contributed by atoms with Gasteiger partial charge in [-0.15, -0.1) is 0 Å². The summed E-state index contributed by atoms with van der Waals surface area (Å²) in [7, 11) is -1.38. The molecule has 0 saturated carbocycles. The zero-order chi connectivity index (χ0) is 19.0. The van der Waals surface area contributed by atoms with E-state index >= 15 is 0 Å². The van der Waals surface area contributed by atoms with E-state index in [0.717, 1.165) is 6.42 Å². The molecule has 1 saturated heterocycles.